The van der Waals surface area contributed by atoms with E-state index in [9.17, 15) is 4.79 Å². The van der Waals surface area contributed by atoms with Crippen LogP contribution in [0.25, 0.3) is 0 Å². The molecule has 0 heterocycles. The van der Waals surface area contributed by atoms with E-state index < -0.39 is 0 Å². The van der Waals surface area contributed by atoms with Gasteiger partial charge in [-0.15, -0.1) is 11.6 Å². The minimum Gasteiger partial charge on any atom is -0.469 e. The summed E-state index contributed by atoms with van der Waals surface area (Å²) in [4.78, 5) is 10.3. The lowest BCUT2D eigenvalue weighted by molar-refractivity contribution is -0.140. The summed E-state index contributed by atoms with van der Waals surface area (Å²) in [5.74, 6) is -0.200. The second-order valence-corrected chi connectivity index (χ2v) is 3.82. The number of ether oxygens (including phenoxy) is 1. The van der Waals surface area contributed by atoms with Gasteiger partial charge in [0.25, 0.3) is 0 Å². The number of esters is 1. The fourth-order valence-electron chi connectivity index (χ4n) is 0.501. The van der Waals surface area contributed by atoms with Crippen LogP contribution in [0.4, 0.5) is 0 Å². The van der Waals surface area contributed by atoms with E-state index in [0.29, 0.717) is 12.8 Å². The third kappa shape index (κ3) is 5.89. The summed E-state index contributed by atoms with van der Waals surface area (Å²) in [7, 11) is 1.38. The van der Waals surface area contributed by atoms with Crippen molar-refractivity contribution in [2.75, 3.05) is 7.11 Å². The summed E-state index contributed by atoms with van der Waals surface area (Å²) in [6.45, 7) is 3.75. The highest BCUT2D eigenvalue weighted by Gasteiger charge is 2.14. The smallest absolute Gasteiger partial charge is 0.305 e. The minimum absolute atomic E-state index is 0.200. The first-order valence-corrected chi connectivity index (χ1v) is 3.59. The number of alkyl halides is 1. The van der Waals surface area contributed by atoms with Crippen molar-refractivity contribution in [2.45, 2.75) is 31.6 Å². The molecule has 60 valence electrons. The third-order valence-electron chi connectivity index (χ3n) is 1.15. The zero-order chi connectivity index (χ0) is 8.20. The predicted molar refractivity (Wildman–Crippen MR) is 41.2 cm³/mol. The van der Waals surface area contributed by atoms with Gasteiger partial charge < -0.3 is 4.74 Å². The maximum Gasteiger partial charge on any atom is 0.305 e. The minimum atomic E-state index is -0.297. The van der Waals surface area contributed by atoms with Crippen LogP contribution in [-0.2, 0) is 9.53 Å². The van der Waals surface area contributed by atoms with Gasteiger partial charge >= 0.3 is 5.97 Å². The molecule has 0 fully saturated rings. The molecule has 0 unspecified atom stereocenters. The summed E-state index contributed by atoms with van der Waals surface area (Å²) in [5.41, 5.74) is 0. The second kappa shape index (κ2) is 3.81. The number of carbonyl (C=O) groups excluding carboxylic acids is 1. The lowest BCUT2D eigenvalue weighted by Gasteiger charge is -2.13. The van der Waals surface area contributed by atoms with Crippen LogP contribution in [0, 0.1) is 0 Å². The van der Waals surface area contributed by atoms with Crippen LogP contribution in [0.2, 0.25) is 0 Å². The monoisotopic (exact) mass is 164 g/mol. The summed E-state index contributed by atoms with van der Waals surface area (Å²) in [6, 6.07) is 0. The number of hydrogen-bond acceptors (Lipinski definition) is 2. The van der Waals surface area contributed by atoms with Gasteiger partial charge in [0.1, 0.15) is 0 Å². The largest absolute Gasteiger partial charge is 0.469 e. The zero-order valence-electron chi connectivity index (χ0n) is 6.61. The predicted octanol–water partition coefficient (Wildman–Crippen LogP) is 1.96. The molecular formula is C7H13ClO2. The highest BCUT2D eigenvalue weighted by molar-refractivity contribution is 6.23. The van der Waals surface area contributed by atoms with E-state index in [1.54, 1.807) is 0 Å². The van der Waals surface area contributed by atoms with Crippen molar-refractivity contribution in [1.29, 1.82) is 0 Å². The Morgan fingerprint density at radius 3 is 2.40 bits per heavy atom. The van der Waals surface area contributed by atoms with E-state index in [0.717, 1.165) is 0 Å². The number of hydrogen-bond donors (Lipinski definition) is 0. The van der Waals surface area contributed by atoms with Gasteiger partial charge in [-0.1, -0.05) is 0 Å². The Bertz CT molecular complexity index is 115. The number of rotatable bonds is 3. The van der Waals surface area contributed by atoms with Crippen LogP contribution in [0.15, 0.2) is 0 Å². The molecule has 0 bridgehead atoms. The summed E-state index contributed by atoms with van der Waals surface area (Å²) >= 11 is 5.83. The number of carbonyl (C=O) groups is 1. The van der Waals surface area contributed by atoms with E-state index in [4.69, 9.17) is 11.6 Å². The summed E-state index contributed by atoms with van der Waals surface area (Å²) in [6.07, 6.45) is 1.05. The van der Waals surface area contributed by atoms with Gasteiger partial charge in [0, 0.05) is 11.3 Å². The molecule has 0 N–H and O–H groups in total. The zero-order valence-corrected chi connectivity index (χ0v) is 7.36. The van der Waals surface area contributed by atoms with Crippen LogP contribution in [0.5, 0.6) is 0 Å². The van der Waals surface area contributed by atoms with Gasteiger partial charge in [0.05, 0.1) is 7.11 Å². The lowest BCUT2D eigenvalue weighted by Crippen LogP contribution is -2.13. The first kappa shape index (κ1) is 9.76. The van der Waals surface area contributed by atoms with Crippen molar-refractivity contribution in [2.24, 2.45) is 0 Å². The summed E-state index contributed by atoms with van der Waals surface area (Å²) in [5, 5.41) is 0. The first-order valence-electron chi connectivity index (χ1n) is 3.21. The van der Waals surface area contributed by atoms with Crippen LogP contribution < -0.4 is 0 Å². The summed E-state index contributed by atoms with van der Waals surface area (Å²) < 4.78 is 4.45. The number of methoxy groups -OCH3 is 1. The van der Waals surface area contributed by atoms with Gasteiger partial charge in [-0.05, 0) is 20.3 Å². The standard InChI is InChI=1S/C7H13ClO2/c1-7(2,8)5-4-6(9)10-3/h4-5H2,1-3H3. The molecule has 0 atom stereocenters. The Labute approximate surface area is 66.5 Å². The Balaban J connectivity index is 3.46. The molecule has 0 aromatic rings. The molecule has 0 aromatic heterocycles. The third-order valence-corrected chi connectivity index (χ3v) is 1.34. The first-order chi connectivity index (χ1) is 4.45. The quantitative estimate of drug-likeness (QED) is 0.471. The lowest BCUT2D eigenvalue weighted by atomic mass is 10.1. The molecule has 0 aliphatic carbocycles. The van der Waals surface area contributed by atoms with Gasteiger partial charge in [0.15, 0.2) is 0 Å². The Morgan fingerprint density at radius 1 is 1.60 bits per heavy atom. The molecule has 2 nitrogen and oxygen atoms in total. The normalized spacial score (nSPS) is 11.2. The van der Waals surface area contributed by atoms with Crippen molar-refractivity contribution in [3.8, 4) is 0 Å². The van der Waals surface area contributed by atoms with E-state index in [-0.39, 0.29) is 10.8 Å². The van der Waals surface area contributed by atoms with Gasteiger partial charge in [-0.25, -0.2) is 0 Å². The van der Waals surface area contributed by atoms with Crippen molar-refractivity contribution >= 4 is 17.6 Å². The molecule has 0 spiro atoms. The topological polar surface area (TPSA) is 26.3 Å². The molecular weight excluding hydrogens is 152 g/mol. The molecule has 0 aliphatic heterocycles. The van der Waals surface area contributed by atoms with Crippen molar-refractivity contribution in [1.82, 2.24) is 0 Å². The van der Waals surface area contributed by atoms with E-state index >= 15 is 0 Å². The van der Waals surface area contributed by atoms with Crippen molar-refractivity contribution < 1.29 is 9.53 Å². The second-order valence-electron chi connectivity index (χ2n) is 2.79. The fraction of sp³-hybridized carbons (Fsp3) is 0.857. The van der Waals surface area contributed by atoms with E-state index in [1.165, 1.54) is 7.11 Å². The Hall–Kier alpha value is -0.240. The van der Waals surface area contributed by atoms with Crippen LogP contribution in [-0.4, -0.2) is 18.0 Å². The van der Waals surface area contributed by atoms with Gasteiger partial charge in [-0.2, -0.15) is 0 Å². The van der Waals surface area contributed by atoms with Crippen LogP contribution in [0.1, 0.15) is 26.7 Å². The Kier molecular flexibility index (Phi) is 3.72. The molecule has 0 rings (SSSR count). The Morgan fingerprint density at radius 2 is 2.10 bits per heavy atom. The van der Waals surface area contributed by atoms with Gasteiger partial charge in [-0.3, -0.25) is 4.79 Å². The molecule has 0 radical (unpaired) electrons. The SMILES string of the molecule is COC(=O)CCC(C)(C)Cl. The average molecular weight is 165 g/mol. The van der Waals surface area contributed by atoms with E-state index in [1.807, 2.05) is 13.8 Å². The molecule has 3 heteroatoms. The van der Waals surface area contributed by atoms with Gasteiger partial charge in [0.2, 0.25) is 0 Å². The fourth-order valence-corrected chi connectivity index (χ4v) is 0.596. The molecule has 0 aromatic carbocycles. The van der Waals surface area contributed by atoms with Crippen LogP contribution >= 0.6 is 11.6 Å². The number of halogens is 1. The molecule has 0 saturated heterocycles. The molecule has 0 aliphatic rings. The van der Waals surface area contributed by atoms with Crippen molar-refractivity contribution in [3.63, 3.8) is 0 Å². The maximum absolute atomic E-state index is 10.6. The highest BCUT2D eigenvalue weighted by atomic mass is 35.5. The van der Waals surface area contributed by atoms with Crippen molar-refractivity contribution in [3.05, 3.63) is 0 Å². The highest BCUT2D eigenvalue weighted by Crippen LogP contribution is 2.19. The molecule has 0 saturated carbocycles. The average Bonchev–Trinajstić information content (AvgIpc) is 1.81. The van der Waals surface area contributed by atoms with E-state index in [2.05, 4.69) is 4.74 Å². The molecule has 0 amide bonds. The molecule has 10 heavy (non-hydrogen) atoms. The maximum atomic E-state index is 10.6. The van der Waals surface area contributed by atoms with Crippen LogP contribution in [0.3, 0.4) is 0 Å².